The van der Waals surface area contributed by atoms with Crippen LogP contribution in [0.25, 0.3) is 11.0 Å². The molecule has 0 spiro atoms. The van der Waals surface area contributed by atoms with E-state index in [1.807, 2.05) is 65.2 Å². The molecule has 0 aliphatic heterocycles. The summed E-state index contributed by atoms with van der Waals surface area (Å²) in [6.45, 7) is 0.491. The van der Waals surface area contributed by atoms with Crippen LogP contribution < -0.4 is 15.7 Å². The molecular weight excluding hydrogens is 376 g/mol. The van der Waals surface area contributed by atoms with Gasteiger partial charge in [-0.1, -0.05) is 55.3 Å². The number of rotatable bonds is 6. The first-order valence-electron chi connectivity index (χ1n) is 10.4. The molecular formula is C24H24N4O2. The van der Waals surface area contributed by atoms with Crippen molar-refractivity contribution in [3.05, 3.63) is 82.9 Å². The monoisotopic (exact) mass is 400 g/mol. The number of fused-ring (bicyclic) bond motifs is 1. The number of H-pyrrole nitrogens is 1. The quantitative estimate of drug-likeness (QED) is 0.469. The van der Waals surface area contributed by atoms with Crippen molar-refractivity contribution in [2.24, 2.45) is 0 Å². The number of benzene rings is 2. The minimum absolute atomic E-state index is 0.0533. The van der Waals surface area contributed by atoms with Crippen molar-refractivity contribution in [2.45, 2.75) is 38.3 Å². The number of nitrogens with one attached hydrogen (secondary N) is 2. The van der Waals surface area contributed by atoms with Crippen LogP contribution in [0, 0.1) is 0 Å². The molecule has 0 unspecified atom stereocenters. The molecule has 6 nitrogen and oxygen atoms in total. The molecule has 2 aromatic heterocycles. The van der Waals surface area contributed by atoms with Crippen LogP contribution in [-0.4, -0.2) is 14.5 Å². The summed E-state index contributed by atoms with van der Waals surface area (Å²) in [5.74, 6) is 1.44. The zero-order valence-electron chi connectivity index (χ0n) is 16.7. The van der Waals surface area contributed by atoms with Crippen LogP contribution in [0.1, 0.15) is 37.3 Å². The third-order valence-electron chi connectivity index (χ3n) is 5.68. The third kappa shape index (κ3) is 3.68. The summed E-state index contributed by atoms with van der Waals surface area (Å²) in [7, 11) is 0. The Bertz CT molecular complexity index is 1210. The Morgan fingerprint density at radius 1 is 1.07 bits per heavy atom. The number of nitrogens with zero attached hydrogens (tertiary/aromatic N) is 2. The van der Waals surface area contributed by atoms with E-state index in [0.29, 0.717) is 12.4 Å². The van der Waals surface area contributed by atoms with Crippen molar-refractivity contribution >= 4 is 22.5 Å². The molecule has 4 aromatic rings. The van der Waals surface area contributed by atoms with Gasteiger partial charge in [-0.2, -0.15) is 0 Å². The molecule has 5 rings (SSSR count). The normalized spacial score (nSPS) is 14.3. The van der Waals surface area contributed by atoms with Crippen LogP contribution in [-0.2, 0) is 6.61 Å². The molecule has 1 fully saturated rings. The molecule has 6 heteroatoms. The topological polar surface area (TPSA) is 71.9 Å². The first-order chi connectivity index (χ1) is 14.8. The highest BCUT2D eigenvalue weighted by Crippen LogP contribution is 2.32. The lowest BCUT2D eigenvalue weighted by atomic mass is 10.2. The number of pyridine rings is 1. The number of aromatic amines is 1. The number of anilines is 2. The molecule has 0 bridgehead atoms. The second-order valence-electron chi connectivity index (χ2n) is 7.72. The summed E-state index contributed by atoms with van der Waals surface area (Å²) in [5.41, 5.74) is 3.56. The van der Waals surface area contributed by atoms with Crippen molar-refractivity contribution in [1.29, 1.82) is 0 Å². The lowest BCUT2D eigenvalue weighted by Crippen LogP contribution is -2.20. The van der Waals surface area contributed by atoms with Crippen molar-refractivity contribution in [2.75, 3.05) is 5.32 Å². The summed E-state index contributed by atoms with van der Waals surface area (Å²) in [4.78, 5) is 19.9. The van der Waals surface area contributed by atoms with Crippen LogP contribution in [0.5, 0.6) is 5.75 Å². The van der Waals surface area contributed by atoms with Crippen molar-refractivity contribution in [3.63, 3.8) is 0 Å². The van der Waals surface area contributed by atoms with Crippen LogP contribution in [0.2, 0.25) is 0 Å². The van der Waals surface area contributed by atoms with Gasteiger partial charge in [-0.05, 0) is 30.5 Å². The molecule has 2 heterocycles. The van der Waals surface area contributed by atoms with Gasteiger partial charge in [0.15, 0.2) is 0 Å². The molecule has 0 atom stereocenters. The smallest absolute Gasteiger partial charge is 0.326 e. The minimum atomic E-state index is -0.0533. The van der Waals surface area contributed by atoms with E-state index in [1.54, 1.807) is 6.20 Å². The predicted molar refractivity (Wildman–Crippen MR) is 118 cm³/mol. The average Bonchev–Trinajstić information content (AvgIpc) is 3.40. The Morgan fingerprint density at radius 3 is 2.67 bits per heavy atom. The van der Waals surface area contributed by atoms with Gasteiger partial charge >= 0.3 is 5.69 Å². The van der Waals surface area contributed by atoms with E-state index in [1.165, 1.54) is 12.8 Å². The molecule has 1 aliphatic rings. The Morgan fingerprint density at radius 2 is 1.83 bits per heavy atom. The van der Waals surface area contributed by atoms with Gasteiger partial charge in [0, 0.05) is 12.1 Å². The Balaban J connectivity index is 1.42. The highest BCUT2D eigenvalue weighted by Gasteiger charge is 2.21. The average molecular weight is 400 g/mol. The highest BCUT2D eigenvalue weighted by atomic mass is 16.5. The van der Waals surface area contributed by atoms with Gasteiger partial charge in [-0.15, -0.1) is 0 Å². The standard InChI is InChI=1S/C24H24N4O2/c29-24-27-20-15-25-23(14-21(20)28(24)18-10-4-5-11-18)26-19-12-6-7-13-22(19)30-16-17-8-2-1-3-9-17/h1-3,6-9,12-15,18H,4-5,10-11,16H2,(H,25,26)(H,27,29). The SMILES string of the molecule is O=c1[nH]c2cnc(Nc3ccccc3OCc3ccccc3)cc2n1C1CCCC1. The predicted octanol–water partition coefficient (Wildman–Crippen LogP) is 5.16. The third-order valence-corrected chi connectivity index (χ3v) is 5.68. The molecule has 0 radical (unpaired) electrons. The largest absolute Gasteiger partial charge is 0.487 e. The van der Waals surface area contributed by atoms with Gasteiger partial charge in [0.2, 0.25) is 0 Å². The first-order valence-corrected chi connectivity index (χ1v) is 10.4. The Labute approximate surface area is 174 Å². The van der Waals surface area contributed by atoms with E-state index in [2.05, 4.69) is 15.3 Å². The number of ether oxygens (including phenoxy) is 1. The van der Waals surface area contributed by atoms with Crippen LogP contribution in [0.3, 0.4) is 0 Å². The van der Waals surface area contributed by atoms with Crippen molar-refractivity contribution < 1.29 is 4.74 Å². The fourth-order valence-corrected chi connectivity index (χ4v) is 4.19. The maximum atomic E-state index is 12.5. The fourth-order valence-electron chi connectivity index (χ4n) is 4.19. The lowest BCUT2D eigenvalue weighted by Gasteiger charge is -2.14. The highest BCUT2D eigenvalue weighted by molar-refractivity contribution is 5.79. The van der Waals surface area contributed by atoms with Gasteiger partial charge in [0.25, 0.3) is 0 Å². The summed E-state index contributed by atoms with van der Waals surface area (Å²) < 4.78 is 7.94. The van der Waals surface area contributed by atoms with Gasteiger partial charge in [0.05, 0.1) is 22.9 Å². The lowest BCUT2D eigenvalue weighted by molar-refractivity contribution is 0.308. The second kappa shape index (κ2) is 8.06. The van der Waals surface area contributed by atoms with E-state index >= 15 is 0 Å². The van der Waals surface area contributed by atoms with E-state index in [4.69, 9.17) is 4.74 Å². The second-order valence-corrected chi connectivity index (χ2v) is 7.72. The molecule has 152 valence electrons. The van der Waals surface area contributed by atoms with Crippen molar-refractivity contribution in [1.82, 2.24) is 14.5 Å². The molecule has 1 saturated carbocycles. The van der Waals surface area contributed by atoms with Gasteiger partial charge in [-0.25, -0.2) is 9.78 Å². The molecule has 2 N–H and O–H groups in total. The maximum absolute atomic E-state index is 12.5. The van der Waals surface area contributed by atoms with E-state index in [-0.39, 0.29) is 11.7 Å². The van der Waals surface area contributed by atoms with Crippen LogP contribution in [0.15, 0.2) is 71.7 Å². The number of hydrogen-bond donors (Lipinski definition) is 2. The summed E-state index contributed by atoms with van der Waals surface area (Å²) in [6.07, 6.45) is 6.17. The summed E-state index contributed by atoms with van der Waals surface area (Å²) in [5, 5.41) is 3.36. The fraction of sp³-hybridized carbons (Fsp3) is 0.250. The van der Waals surface area contributed by atoms with Crippen LogP contribution >= 0.6 is 0 Å². The van der Waals surface area contributed by atoms with E-state index < -0.39 is 0 Å². The zero-order chi connectivity index (χ0) is 20.3. The first kappa shape index (κ1) is 18.5. The van der Waals surface area contributed by atoms with Crippen molar-refractivity contribution in [3.8, 4) is 5.75 Å². The Kier molecular flexibility index (Phi) is 4.97. The Hall–Kier alpha value is -3.54. The zero-order valence-corrected chi connectivity index (χ0v) is 16.7. The van der Waals surface area contributed by atoms with Crippen LogP contribution in [0.4, 0.5) is 11.5 Å². The number of hydrogen-bond acceptors (Lipinski definition) is 4. The van der Waals surface area contributed by atoms with Gasteiger partial charge < -0.3 is 15.0 Å². The maximum Gasteiger partial charge on any atom is 0.326 e. The van der Waals surface area contributed by atoms with Gasteiger partial charge in [0.1, 0.15) is 18.2 Å². The number of imidazole rings is 1. The summed E-state index contributed by atoms with van der Waals surface area (Å²) in [6, 6.07) is 20.1. The number of para-hydroxylation sites is 2. The number of aromatic nitrogens is 3. The van der Waals surface area contributed by atoms with Gasteiger partial charge in [-0.3, -0.25) is 4.57 Å². The molecule has 0 amide bonds. The van der Waals surface area contributed by atoms with E-state index in [0.717, 1.165) is 40.9 Å². The molecule has 1 aliphatic carbocycles. The molecule has 2 aromatic carbocycles. The minimum Gasteiger partial charge on any atom is -0.487 e. The van der Waals surface area contributed by atoms with E-state index in [9.17, 15) is 4.79 Å². The molecule has 30 heavy (non-hydrogen) atoms. The molecule has 0 saturated heterocycles. The summed E-state index contributed by atoms with van der Waals surface area (Å²) >= 11 is 0.